The summed E-state index contributed by atoms with van der Waals surface area (Å²) >= 11 is 0. The largest absolute Gasteiger partial charge is 0.544 e. The second kappa shape index (κ2) is 6.64. The third kappa shape index (κ3) is 3.87. The molecule has 6 atom stereocenters. The summed E-state index contributed by atoms with van der Waals surface area (Å²) in [7, 11) is 0. The molecule has 0 bridgehead atoms. The lowest BCUT2D eigenvalue weighted by molar-refractivity contribution is -0.374. The summed E-state index contributed by atoms with van der Waals surface area (Å²) in [5, 5.41) is 60.8. The molecule has 0 spiro atoms. The highest BCUT2D eigenvalue weighted by atomic mass is 16.7. The van der Waals surface area contributed by atoms with Gasteiger partial charge in [-0.2, -0.15) is 0 Å². The fourth-order valence-corrected chi connectivity index (χ4v) is 2.13. The Kier molecular flexibility index (Phi) is 5.61. The van der Waals surface area contributed by atoms with Gasteiger partial charge in [0.05, 0.1) is 18.8 Å². The maximum absolute atomic E-state index is 11.1. The summed E-state index contributed by atoms with van der Waals surface area (Å²) in [6.45, 7) is 0.228. The molecule has 0 aromatic heterocycles. The Morgan fingerprint density at radius 2 is 2.05 bits per heavy atom. The van der Waals surface area contributed by atoms with Crippen molar-refractivity contribution in [3.63, 3.8) is 0 Å². The zero-order chi connectivity index (χ0) is 16.4. The second-order valence-corrected chi connectivity index (χ2v) is 4.89. The van der Waals surface area contributed by atoms with Crippen molar-refractivity contribution >= 4 is 11.9 Å². The number of carbonyl (C=O) groups is 2. The average Bonchev–Trinajstić information content (AvgIpc) is 2.39. The molecule has 0 aliphatic carbocycles. The summed E-state index contributed by atoms with van der Waals surface area (Å²) in [6, 6.07) is -1.29. The van der Waals surface area contributed by atoms with Gasteiger partial charge in [0.2, 0.25) is 11.7 Å². The molecular formula is C11H18NO9-. The van der Waals surface area contributed by atoms with Gasteiger partial charge in [-0.05, 0) is 0 Å². The molecular weight excluding hydrogens is 290 g/mol. The van der Waals surface area contributed by atoms with Crippen molar-refractivity contribution in [2.24, 2.45) is 0 Å². The SMILES string of the molecule is CC(=O)N[C@H]1[C@H]([C@H](O)[C@H](O)CO)O[C@](O)(C(=O)[O-])C[C@H]1O. The van der Waals surface area contributed by atoms with Crippen LogP contribution in [0.15, 0.2) is 0 Å². The minimum Gasteiger partial charge on any atom is -0.544 e. The molecule has 10 nitrogen and oxygen atoms in total. The standard InChI is InChI=1S/C11H19NO9/c1-4(14)12-7-5(15)2-11(20,10(18)19)21-9(7)8(17)6(16)3-13/h5-9,13,15-17,20H,2-3H2,1H3,(H,12,14)(H,18,19)/p-1/t5-,6-,7-,8-,9-,11+/m1/s1. The molecule has 1 amide bonds. The predicted octanol–water partition coefficient (Wildman–Crippen LogP) is -5.21. The molecule has 1 rings (SSSR count). The van der Waals surface area contributed by atoms with Gasteiger partial charge in [0.15, 0.2) is 0 Å². The van der Waals surface area contributed by atoms with E-state index in [-0.39, 0.29) is 0 Å². The Bertz CT molecular complexity index is 403. The number of carboxylic acid groups (broad SMARTS) is 1. The molecule has 21 heavy (non-hydrogen) atoms. The number of amides is 1. The van der Waals surface area contributed by atoms with Crippen molar-refractivity contribution in [1.29, 1.82) is 0 Å². The van der Waals surface area contributed by atoms with Crippen molar-refractivity contribution in [3.05, 3.63) is 0 Å². The van der Waals surface area contributed by atoms with Gasteiger partial charge in [-0.1, -0.05) is 0 Å². The van der Waals surface area contributed by atoms with Crippen LogP contribution in [0.5, 0.6) is 0 Å². The first kappa shape index (κ1) is 17.8. The highest BCUT2D eigenvalue weighted by Crippen LogP contribution is 2.29. The summed E-state index contributed by atoms with van der Waals surface area (Å²) in [4.78, 5) is 22.0. The van der Waals surface area contributed by atoms with E-state index in [1.165, 1.54) is 0 Å². The Morgan fingerprint density at radius 3 is 2.48 bits per heavy atom. The first-order chi connectivity index (χ1) is 9.62. The minimum atomic E-state index is -2.89. The number of aliphatic hydroxyl groups excluding tert-OH is 4. The lowest BCUT2D eigenvalue weighted by Gasteiger charge is -2.46. The summed E-state index contributed by atoms with van der Waals surface area (Å²) in [6.07, 6.45) is -7.67. The number of hydrogen-bond donors (Lipinski definition) is 6. The molecule has 1 aliphatic rings. The topological polar surface area (TPSA) is 180 Å². The van der Waals surface area contributed by atoms with Crippen LogP contribution in [-0.2, 0) is 14.3 Å². The molecule has 0 radical (unpaired) electrons. The molecule has 1 aliphatic heterocycles. The summed E-state index contributed by atoms with van der Waals surface area (Å²) in [5.41, 5.74) is 0. The molecule has 122 valence electrons. The Balaban J connectivity index is 3.07. The van der Waals surface area contributed by atoms with E-state index in [1.807, 2.05) is 0 Å². The number of hydrogen-bond acceptors (Lipinski definition) is 9. The van der Waals surface area contributed by atoms with E-state index in [0.29, 0.717) is 0 Å². The minimum absolute atomic E-state index is 0.614. The lowest BCUT2D eigenvalue weighted by Crippen LogP contribution is -2.68. The van der Waals surface area contributed by atoms with E-state index < -0.39 is 61.1 Å². The fourth-order valence-electron chi connectivity index (χ4n) is 2.13. The van der Waals surface area contributed by atoms with Crippen LogP contribution in [0.2, 0.25) is 0 Å². The molecule has 1 heterocycles. The zero-order valence-electron chi connectivity index (χ0n) is 11.2. The van der Waals surface area contributed by atoms with Gasteiger partial charge in [-0.25, -0.2) is 0 Å². The maximum atomic E-state index is 11.1. The number of aliphatic carboxylic acids is 1. The quantitative estimate of drug-likeness (QED) is 0.289. The number of ether oxygens (including phenoxy) is 1. The molecule has 6 N–H and O–H groups in total. The van der Waals surface area contributed by atoms with Gasteiger partial charge in [-0.3, -0.25) is 4.79 Å². The maximum Gasteiger partial charge on any atom is 0.217 e. The van der Waals surface area contributed by atoms with E-state index in [4.69, 9.17) is 9.84 Å². The molecule has 0 aromatic carbocycles. The van der Waals surface area contributed by atoms with Crippen molar-refractivity contribution in [2.75, 3.05) is 6.61 Å². The molecule has 0 saturated carbocycles. The normalized spacial score (nSPS) is 35.8. The van der Waals surface area contributed by atoms with Crippen LogP contribution in [0, 0.1) is 0 Å². The monoisotopic (exact) mass is 308 g/mol. The Hall–Kier alpha value is -1.30. The van der Waals surface area contributed by atoms with Crippen molar-refractivity contribution < 1.29 is 45.0 Å². The highest BCUT2D eigenvalue weighted by molar-refractivity contribution is 5.74. The zero-order valence-corrected chi connectivity index (χ0v) is 11.2. The third-order valence-electron chi connectivity index (χ3n) is 3.19. The van der Waals surface area contributed by atoms with Gasteiger partial charge < -0.3 is 45.5 Å². The first-order valence-corrected chi connectivity index (χ1v) is 6.16. The van der Waals surface area contributed by atoms with Crippen molar-refractivity contribution in [3.8, 4) is 0 Å². The van der Waals surface area contributed by atoms with E-state index >= 15 is 0 Å². The third-order valence-corrected chi connectivity index (χ3v) is 3.19. The van der Waals surface area contributed by atoms with Gasteiger partial charge >= 0.3 is 0 Å². The van der Waals surface area contributed by atoms with Gasteiger partial charge in [0.1, 0.15) is 24.3 Å². The van der Waals surface area contributed by atoms with E-state index in [9.17, 15) is 35.1 Å². The Morgan fingerprint density at radius 1 is 1.48 bits per heavy atom. The van der Waals surface area contributed by atoms with Gasteiger partial charge in [-0.15, -0.1) is 0 Å². The number of nitrogens with one attached hydrogen (secondary N) is 1. The van der Waals surface area contributed by atoms with Crippen LogP contribution in [-0.4, -0.2) is 80.3 Å². The van der Waals surface area contributed by atoms with Crippen LogP contribution in [0.3, 0.4) is 0 Å². The van der Waals surface area contributed by atoms with Crippen LogP contribution in [0.4, 0.5) is 0 Å². The van der Waals surface area contributed by atoms with Crippen molar-refractivity contribution in [2.45, 2.75) is 49.6 Å². The van der Waals surface area contributed by atoms with Crippen LogP contribution >= 0.6 is 0 Å². The fraction of sp³-hybridized carbons (Fsp3) is 0.818. The van der Waals surface area contributed by atoms with Gasteiger partial charge in [0.25, 0.3) is 0 Å². The van der Waals surface area contributed by atoms with Crippen molar-refractivity contribution in [1.82, 2.24) is 5.32 Å². The van der Waals surface area contributed by atoms with E-state index in [1.54, 1.807) is 0 Å². The summed E-state index contributed by atoms with van der Waals surface area (Å²) < 4.78 is 4.80. The van der Waals surface area contributed by atoms with E-state index in [0.717, 1.165) is 6.92 Å². The number of rotatable bonds is 5. The van der Waals surface area contributed by atoms with Crippen LogP contribution in [0.25, 0.3) is 0 Å². The second-order valence-electron chi connectivity index (χ2n) is 4.89. The molecule has 0 unspecified atom stereocenters. The van der Waals surface area contributed by atoms with Crippen LogP contribution < -0.4 is 10.4 Å². The van der Waals surface area contributed by atoms with Crippen LogP contribution in [0.1, 0.15) is 13.3 Å². The lowest BCUT2D eigenvalue weighted by atomic mass is 9.88. The molecule has 10 heteroatoms. The smallest absolute Gasteiger partial charge is 0.217 e. The number of carbonyl (C=O) groups excluding carboxylic acids is 2. The number of aliphatic hydroxyl groups is 5. The number of carboxylic acids is 1. The Labute approximate surface area is 119 Å². The molecule has 1 fully saturated rings. The predicted molar refractivity (Wildman–Crippen MR) is 62.2 cm³/mol. The van der Waals surface area contributed by atoms with Gasteiger partial charge in [0, 0.05) is 13.3 Å². The summed E-state index contributed by atoms with van der Waals surface area (Å²) in [5.74, 6) is -5.55. The molecule has 1 saturated heterocycles. The first-order valence-electron chi connectivity index (χ1n) is 6.16. The molecule has 0 aromatic rings. The van der Waals surface area contributed by atoms with E-state index in [2.05, 4.69) is 5.32 Å². The highest BCUT2D eigenvalue weighted by Gasteiger charge is 2.50. The average molecular weight is 308 g/mol.